The summed E-state index contributed by atoms with van der Waals surface area (Å²) in [6, 6.07) is 3.65. The van der Waals surface area contributed by atoms with Crippen LogP contribution < -0.4 is 5.73 Å². The van der Waals surface area contributed by atoms with Crippen LogP contribution in [0.4, 0.5) is 10.1 Å². The van der Waals surface area contributed by atoms with Crippen molar-refractivity contribution in [1.82, 2.24) is 9.97 Å². The van der Waals surface area contributed by atoms with Gasteiger partial charge in [0.05, 0.1) is 23.4 Å². The fraction of sp³-hybridized carbons (Fsp3) is 0.100. The Balaban J connectivity index is 2.46. The van der Waals surface area contributed by atoms with Crippen LogP contribution in [0.5, 0.6) is 0 Å². The zero-order chi connectivity index (χ0) is 12.4. The molecule has 2 aromatic rings. The second-order valence-electron chi connectivity index (χ2n) is 3.37. The van der Waals surface area contributed by atoms with Gasteiger partial charge in [-0.25, -0.2) is 4.98 Å². The Labute approximate surface area is 95.4 Å². The molecule has 0 radical (unpaired) electrons. The Morgan fingerprint density at radius 3 is 2.88 bits per heavy atom. The molecule has 1 heterocycles. The van der Waals surface area contributed by atoms with E-state index in [1.54, 1.807) is 0 Å². The third kappa shape index (κ3) is 2.13. The van der Waals surface area contributed by atoms with Gasteiger partial charge in [0.15, 0.2) is 0 Å². The highest BCUT2D eigenvalue weighted by Gasteiger charge is 2.15. The fourth-order valence-corrected chi connectivity index (χ4v) is 1.43. The van der Waals surface area contributed by atoms with Crippen LogP contribution in [0.25, 0.3) is 11.3 Å². The molecule has 1 aromatic carbocycles. The van der Waals surface area contributed by atoms with Gasteiger partial charge < -0.3 is 10.7 Å². The summed E-state index contributed by atoms with van der Waals surface area (Å²) in [6.07, 6.45) is 1.50. The standard InChI is InChI=1S/C10H9FN4O2/c11-7-2-1-6(3-9(7)15(16)17)8-5-13-10(4-12)14-8/h1-3,5H,4,12H2,(H,13,14). The summed E-state index contributed by atoms with van der Waals surface area (Å²) in [6.45, 7) is 0.239. The summed E-state index contributed by atoms with van der Waals surface area (Å²) >= 11 is 0. The number of hydrogen-bond donors (Lipinski definition) is 2. The Morgan fingerprint density at radius 1 is 1.53 bits per heavy atom. The van der Waals surface area contributed by atoms with E-state index in [-0.39, 0.29) is 6.54 Å². The molecule has 0 saturated carbocycles. The lowest BCUT2D eigenvalue weighted by Crippen LogP contribution is -1.98. The number of imidazole rings is 1. The predicted molar refractivity (Wildman–Crippen MR) is 58.5 cm³/mol. The number of H-pyrrole nitrogens is 1. The van der Waals surface area contributed by atoms with Crippen LogP contribution in [0.1, 0.15) is 5.82 Å². The minimum Gasteiger partial charge on any atom is -0.341 e. The topological polar surface area (TPSA) is 97.8 Å². The van der Waals surface area contributed by atoms with Crippen LogP contribution in [0, 0.1) is 15.9 Å². The summed E-state index contributed by atoms with van der Waals surface area (Å²) < 4.78 is 13.1. The molecular formula is C10H9FN4O2. The van der Waals surface area contributed by atoms with Gasteiger partial charge in [-0.3, -0.25) is 10.1 Å². The molecule has 0 unspecified atom stereocenters. The normalized spacial score (nSPS) is 10.5. The highest BCUT2D eigenvalue weighted by molar-refractivity contribution is 5.62. The van der Waals surface area contributed by atoms with E-state index in [4.69, 9.17) is 5.73 Å². The van der Waals surface area contributed by atoms with Crippen molar-refractivity contribution >= 4 is 5.69 Å². The van der Waals surface area contributed by atoms with E-state index >= 15 is 0 Å². The molecule has 1 aromatic heterocycles. The fourth-order valence-electron chi connectivity index (χ4n) is 1.43. The monoisotopic (exact) mass is 236 g/mol. The maximum Gasteiger partial charge on any atom is 0.305 e. The van der Waals surface area contributed by atoms with Crippen LogP contribution in [0.2, 0.25) is 0 Å². The van der Waals surface area contributed by atoms with Crippen molar-refractivity contribution in [3.8, 4) is 11.3 Å². The average Bonchev–Trinajstić information content (AvgIpc) is 2.78. The van der Waals surface area contributed by atoms with Gasteiger partial charge in [-0.1, -0.05) is 0 Å². The highest BCUT2D eigenvalue weighted by Crippen LogP contribution is 2.25. The molecule has 17 heavy (non-hydrogen) atoms. The van der Waals surface area contributed by atoms with Crippen molar-refractivity contribution < 1.29 is 9.31 Å². The Bertz CT molecular complexity index is 567. The van der Waals surface area contributed by atoms with Crippen LogP contribution in [0.15, 0.2) is 24.4 Å². The Kier molecular flexibility index (Phi) is 2.84. The number of nitro benzene ring substituents is 1. The molecule has 0 aliphatic heterocycles. The Hall–Kier alpha value is -2.28. The van der Waals surface area contributed by atoms with Gasteiger partial charge in [-0.2, -0.15) is 4.39 Å². The van der Waals surface area contributed by atoms with E-state index < -0.39 is 16.4 Å². The highest BCUT2D eigenvalue weighted by atomic mass is 19.1. The molecule has 88 valence electrons. The maximum absolute atomic E-state index is 13.1. The molecule has 0 amide bonds. The van der Waals surface area contributed by atoms with E-state index in [9.17, 15) is 14.5 Å². The first-order valence-electron chi connectivity index (χ1n) is 4.80. The largest absolute Gasteiger partial charge is 0.341 e. The van der Waals surface area contributed by atoms with E-state index in [0.29, 0.717) is 17.1 Å². The van der Waals surface area contributed by atoms with Crippen molar-refractivity contribution in [3.05, 3.63) is 46.2 Å². The number of hydrogen-bond acceptors (Lipinski definition) is 4. The minimum atomic E-state index is -0.864. The average molecular weight is 236 g/mol. The second kappa shape index (κ2) is 4.30. The number of nitro groups is 1. The van der Waals surface area contributed by atoms with Crippen LogP contribution in [-0.4, -0.2) is 14.9 Å². The summed E-state index contributed by atoms with van der Waals surface area (Å²) in [7, 11) is 0. The zero-order valence-corrected chi connectivity index (χ0v) is 8.68. The van der Waals surface area contributed by atoms with E-state index in [1.807, 2.05) is 0 Å². The third-order valence-electron chi connectivity index (χ3n) is 2.28. The van der Waals surface area contributed by atoms with Crippen molar-refractivity contribution in [2.24, 2.45) is 5.73 Å². The van der Waals surface area contributed by atoms with Crippen molar-refractivity contribution in [1.29, 1.82) is 0 Å². The minimum absolute atomic E-state index is 0.239. The molecular weight excluding hydrogens is 227 g/mol. The van der Waals surface area contributed by atoms with Gasteiger partial charge >= 0.3 is 5.69 Å². The molecule has 0 bridgehead atoms. The molecule has 0 spiro atoms. The van der Waals surface area contributed by atoms with E-state index in [0.717, 1.165) is 12.1 Å². The molecule has 7 heteroatoms. The lowest BCUT2D eigenvalue weighted by Gasteiger charge is -1.98. The first-order valence-corrected chi connectivity index (χ1v) is 4.80. The van der Waals surface area contributed by atoms with Gasteiger partial charge in [0, 0.05) is 11.6 Å². The smallest absolute Gasteiger partial charge is 0.305 e. The Morgan fingerprint density at radius 2 is 2.29 bits per heavy atom. The van der Waals surface area contributed by atoms with Crippen LogP contribution in [0.3, 0.4) is 0 Å². The molecule has 0 aliphatic carbocycles. The number of nitrogens with two attached hydrogens (primary N) is 1. The summed E-state index contributed by atoms with van der Waals surface area (Å²) in [5.41, 5.74) is 5.87. The van der Waals surface area contributed by atoms with Gasteiger partial charge in [0.1, 0.15) is 5.82 Å². The summed E-state index contributed by atoms with van der Waals surface area (Å²) in [4.78, 5) is 16.7. The summed E-state index contributed by atoms with van der Waals surface area (Å²) in [5.74, 6) is -0.302. The number of benzene rings is 1. The first-order chi connectivity index (χ1) is 8.11. The zero-order valence-electron chi connectivity index (χ0n) is 8.68. The molecule has 3 N–H and O–H groups in total. The number of rotatable bonds is 3. The van der Waals surface area contributed by atoms with Gasteiger partial charge in [0.2, 0.25) is 5.82 Å². The maximum atomic E-state index is 13.1. The van der Waals surface area contributed by atoms with Gasteiger partial charge in [-0.05, 0) is 12.1 Å². The number of aromatic nitrogens is 2. The SMILES string of the molecule is NCc1ncc(-c2ccc(F)c([N+](=O)[O-])c2)[nH]1. The van der Waals surface area contributed by atoms with Gasteiger partial charge in [-0.15, -0.1) is 0 Å². The number of aromatic amines is 1. The lowest BCUT2D eigenvalue weighted by atomic mass is 10.1. The number of nitrogens with zero attached hydrogens (tertiary/aromatic N) is 2. The molecule has 6 nitrogen and oxygen atoms in total. The van der Waals surface area contributed by atoms with Crippen LogP contribution >= 0.6 is 0 Å². The van der Waals surface area contributed by atoms with Crippen molar-refractivity contribution in [2.45, 2.75) is 6.54 Å². The molecule has 0 fully saturated rings. The predicted octanol–water partition coefficient (Wildman–Crippen LogP) is 1.58. The van der Waals surface area contributed by atoms with Crippen molar-refractivity contribution in [3.63, 3.8) is 0 Å². The molecule has 0 saturated heterocycles. The number of halogens is 1. The van der Waals surface area contributed by atoms with Gasteiger partial charge in [0.25, 0.3) is 0 Å². The van der Waals surface area contributed by atoms with Crippen LogP contribution in [-0.2, 0) is 6.54 Å². The molecule has 2 rings (SSSR count). The third-order valence-corrected chi connectivity index (χ3v) is 2.28. The van der Waals surface area contributed by atoms with E-state index in [2.05, 4.69) is 9.97 Å². The first kappa shape index (κ1) is 11.2. The number of nitrogens with one attached hydrogen (secondary N) is 1. The second-order valence-corrected chi connectivity index (χ2v) is 3.37. The quantitative estimate of drug-likeness (QED) is 0.624. The van der Waals surface area contributed by atoms with Crippen molar-refractivity contribution in [2.75, 3.05) is 0 Å². The molecule has 0 atom stereocenters. The lowest BCUT2D eigenvalue weighted by molar-refractivity contribution is -0.387. The summed E-state index contributed by atoms with van der Waals surface area (Å²) in [5, 5.41) is 10.6. The molecule has 0 aliphatic rings. The van der Waals surface area contributed by atoms with E-state index in [1.165, 1.54) is 12.3 Å².